The van der Waals surface area contributed by atoms with Crippen LogP contribution in [0, 0.1) is 0 Å². The van der Waals surface area contributed by atoms with Gasteiger partial charge in [-0.15, -0.1) is 0 Å². The lowest BCUT2D eigenvalue weighted by Crippen LogP contribution is -2.31. The minimum atomic E-state index is -0.311. The Balaban J connectivity index is 1.46. The van der Waals surface area contributed by atoms with Crippen molar-refractivity contribution < 1.29 is 14.3 Å². The number of benzene rings is 1. The Hall–Kier alpha value is -2.63. The monoisotopic (exact) mass is 299 g/mol. The molecule has 1 aliphatic rings. The van der Waals surface area contributed by atoms with Crippen molar-refractivity contribution in [1.82, 2.24) is 14.9 Å². The fourth-order valence-electron chi connectivity index (χ4n) is 2.32. The molecule has 2 heterocycles. The van der Waals surface area contributed by atoms with E-state index in [1.807, 2.05) is 30.3 Å². The lowest BCUT2D eigenvalue weighted by Gasteiger charge is -2.16. The van der Waals surface area contributed by atoms with Crippen LogP contribution in [0.15, 0.2) is 48.9 Å². The Kier molecular flexibility index (Phi) is 4.48. The summed E-state index contributed by atoms with van der Waals surface area (Å²) in [6.45, 7) is 1.41. The predicted octanol–water partition coefficient (Wildman–Crippen LogP) is 2.27. The number of aromatic nitrogens is 2. The predicted molar refractivity (Wildman–Crippen MR) is 79.3 cm³/mol. The first-order valence-electron chi connectivity index (χ1n) is 7.19. The van der Waals surface area contributed by atoms with Gasteiger partial charge in [-0.05, 0) is 5.56 Å². The van der Waals surface area contributed by atoms with Gasteiger partial charge in [0.1, 0.15) is 12.7 Å². The third-order valence-electron chi connectivity index (χ3n) is 3.44. The summed E-state index contributed by atoms with van der Waals surface area (Å²) in [5, 5.41) is 0. The largest absolute Gasteiger partial charge is 0.471 e. The fourth-order valence-corrected chi connectivity index (χ4v) is 2.32. The van der Waals surface area contributed by atoms with Crippen LogP contribution in [0.25, 0.3) is 0 Å². The van der Waals surface area contributed by atoms with Crippen molar-refractivity contribution in [3.8, 4) is 5.88 Å². The number of hydrogen-bond acceptors (Lipinski definition) is 5. The van der Waals surface area contributed by atoms with E-state index in [1.54, 1.807) is 23.5 Å². The van der Waals surface area contributed by atoms with Crippen LogP contribution in [0.1, 0.15) is 12.0 Å². The molecule has 6 nitrogen and oxygen atoms in total. The van der Waals surface area contributed by atoms with E-state index in [2.05, 4.69) is 9.97 Å². The van der Waals surface area contributed by atoms with E-state index >= 15 is 0 Å². The second-order valence-corrected chi connectivity index (χ2v) is 5.06. The van der Waals surface area contributed by atoms with Crippen molar-refractivity contribution in [2.24, 2.45) is 0 Å². The van der Waals surface area contributed by atoms with Gasteiger partial charge in [-0.3, -0.25) is 4.98 Å². The van der Waals surface area contributed by atoms with Crippen LogP contribution in [-0.2, 0) is 11.3 Å². The molecule has 1 aliphatic heterocycles. The van der Waals surface area contributed by atoms with Gasteiger partial charge in [-0.2, -0.15) is 0 Å². The fraction of sp³-hybridized carbons (Fsp3) is 0.312. The third kappa shape index (κ3) is 3.72. The minimum Gasteiger partial charge on any atom is -0.471 e. The summed E-state index contributed by atoms with van der Waals surface area (Å²) >= 11 is 0. The lowest BCUT2D eigenvalue weighted by atomic mass is 10.2. The Morgan fingerprint density at radius 1 is 1.27 bits per heavy atom. The van der Waals surface area contributed by atoms with Gasteiger partial charge in [0.15, 0.2) is 0 Å². The average molecular weight is 299 g/mol. The zero-order valence-electron chi connectivity index (χ0n) is 12.1. The second kappa shape index (κ2) is 6.89. The van der Waals surface area contributed by atoms with Crippen molar-refractivity contribution in [2.75, 3.05) is 13.1 Å². The second-order valence-electron chi connectivity index (χ2n) is 5.06. The van der Waals surface area contributed by atoms with Crippen molar-refractivity contribution in [3.05, 3.63) is 54.5 Å². The van der Waals surface area contributed by atoms with Crippen LogP contribution in [0.3, 0.4) is 0 Å². The molecule has 1 fully saturated rings. The van der Waals surface area contributed by atoms with Gasteiger partial charge in [0.25, 0.3) is 0 Å². The molecule has 22 heavy (non-hydrogen) atoms. The van der Waals surface area contributed by atoms with Crippen molar-refractivity contribution >= 4 is 6.09 Å². The van der Waals surface area contributed by atoms with E-state index in [9.17, 15) is 4.79 Å². The van der Waals surface area contributed by atoms with E-state index < -0.39 is 0 Å². The van der Waals surface area contributed by atoms with Crippen LogP contribution in [-0.4, -0.2) is 40.2 Å². The summed E-state index contributed by atoms with van der Waals surface area (Å²) in [6.07, 6.45) is 5.12. The molecular formula is C16H17N3O3. The molecule has 0 aliphatic carbocycles. The lowest BCUT2D eigenvalue weighted by molar-refractivity contribution is 0.0987. The molecule has 1 aromatic carbocycles. The molecule has 0 bridgehead atoms. The number of ether oxygens (including phenoxy) is 2. The maximum atomic E-state index is 12.0. The minimum absolute atomic E-state index is 0.0685. The number of likely N-dealkylation sites (tertiary alicyclic amines) is 1. The molecular weight excluding hydrogens is 282 g/mol. The van der Waals surface area contributed by atoms with E-state index in [-0.39, 0.29) is 18.8 Å². The Labute approximate surface area is 128 Å². The summed E-state index contributed by atoms with van der Waals surface area (Å²) in [6, 6.07) is 9.63. The van der Waals surface area contributed by atoms with Crippen molar-refractivity contribution in [2.45, 2.75) is 19.1 Å². The maximum Gasteiger partial charge on any atom is 0.410 e. The van der Waals surface area contributed by atoms with Crippen LogP contribution in [0.2, 0.25) is 0 Å². The molecule has 6 heteroatoms. The van der Waals surface area contributed by atoms with Gasteiger partial charge < -0.3 is 14.4 Å². The van der Waals surface area contributed by atoms with Gasteiger partial charge in [0.05, 0.1) is 12.7 Å². The average Bonchev–Trinajstić information content (AvgIpc) is 3.03. The van der Waals surface area contributed by atoms with Crippen molar-refractivity contribution in [1.29, 1.82) is 0 Å². The molecule has 1 amide bonds. The zero-order chi connectivity index (χ0) is 15.2. The quantitative estimate of drug-likeness (QED) is 0.866. The Bertz CT molecular complexity index is 607. The highest BCUT2D eigenvalue weighted by atomic mass is 16.6. The first-order chi connectivity index (χ1) is 10.8. The molecule has 1 aromatic heterocycles. The van der Waals surface area contributed by atoms with E-state index in [1.165, 1.54) is 0 Å². The molecule has 0 radical (unpaired) electrons. The molecule has 0 spiro atoms. The number of hydrogen-bond donors (Lipinski definition) is 0. The number of nitrogens with zero attached hydrogens (tertiary/aromatic N) is 3. The van der Waals surface area contributed by atoms with Crippen LogP contribution < -0.4 is 4.74 Å². The molecule has 1 saturated heterocycles. The first-order valence-corrected chi connectivity index (χ1v) is 7.19. The first kappa shape index (κ1) is 14.3. The normalized spacial score (nSPS) is 17.3. The van der Waals surface area contributed by atoms with Crippen LogP contribution in [0.4, 0.5) is 4.79 Å². The third-order valence-corrected chi connectivity index (χ3v) is 3.44. The van der Waals surface area contributed by atoms with Gasteiger partial charge >= 0.3 is 6.09 Å². The Morgan fingerprint density at radius 3 is 2.91 bits per heavy atom. The SMILES string of the molecule is O=C(OCc1ccccc1)N1CCC(Oc2cnccn2)C1. The highest BCUT2D eigenvalue weighted by Gasteiger charge is 2.28. The number of carbonyl (C=O) groups is 1. The number of rotatable bonds is 4. The summed E-state index contributed by atoms with van der Waals surface area (Å²) in [5.41, 5.74) is 0.974. The summed E-state index contributed by atoms with van der Waals surface area (Å²) < 4.78 is 11.0. The molecule has 0 N–H and O–H groups in total. The van der Waals surface area contributed by atoms with Gasteiger partial charge in [0, 0.05) is 25.4 Å². The smallest absolute Gasteiger partial charge is 0.410 e. The highest BCUT2D eigenvalue weighted by Crippen LogP contribution is 2.16. The Morgan fingerprint density at radius 2 is 2.14 bits per heavy atom. The zero-order valence-corrected chi connectivity index (χ0v) is 12.1. The topological polar surface area (TPSA) is 64.5 Å². The summed E-state index contributed by atoms with van der Waals surface area (Å²) in [7, 11) is 0. The van der Waals surface area contributed by atoms with Crippen LogP contribution >= 0.6 is 0 Å². The van der Waals surface area contributed by atoms with E-state index in [4.69, 9.17) is 9.47 Å². The van der Waals surface area contributed by atoms with Crippen LogP contribution in [0.5, 0.6) is 5.88 Å². The molecule has 0 saturated carbocycles. The molecule has 2 aromatic rings. The van der Waals surface area contributed by atoms with Crippen molar-refractivity contribution in [3.63, 3.8) is 0 Å². The van der Waals surface area contributed by atoms with Gasteiger partial charge in [-0.25, -0.2) is 9.78 Å². The van der Waals surface area contributed by atoms with Gasteiger partial charge in [-0.1, -0.05) is 30.3 Å². The van der Waals surface area contributed by atoms with E-state index in [0.717, 1.165) is 12.0 Å². The number of amides is 1. The molecule has 1 unspecified atom stereocenters. The highest BCUT2D eigenvalue weighted by molar-refractivity contribution is 5.68. The van der Waals surface area contributed by atoms with Gasteiger partial charge in [0.2, 0.25) is 5.88 Å². The number of carbonyl (C=O) groups excluding carboxylic acids is 1. The molecule has 3 rings (SSSR count). The van der Waals surface area contributed by atoms with E-state index in [0.29, 0.717) is 19.0 Å². The maximum absolute atomic E-state index is 12.0. The molecule has 1 atom stereocenters. The summed E-state index contributed by atoms with van der Waals surface area (Å²) in [4.78, 5) is 21.7. The summed E-state index contributed by atoms with van der Waals surface area (Å²) in [5.74, 6) is 0.479. The standard InChI is InChI=1S/C16H17N3O3/c20-16(21-12-13-4-2-1-3-5-13)19-9-6-14(11-19)22-15-10-17-7-8-18-15/h1-5,7-8,10,14H,6,9,11-12H2. The molecule has 114 valence electrons.